The van der Waals surface area contributed by atoms with Gasteiger partial charge in [0, 0.05) is 37.4 Å². The van der Waals surface area contributed by atoms with Crippen molar-refractivity contribution in [3.05, 3.63) is 198 Å². The Morgan fingerprint density at radius 3 is 2.00 bits per heavy atom. The van der Waals surface area contributed by atoms with Gasteiger partial charge >= 0.3 is 0 Å². The molecular formula is C59H49IrN5OSi-2. The van der Waals surface area contributed by atoms with Crippen LogP contribution in [-0.2, 0) is 20.1 Å². The minimum atomic E-state index is -1.30. The Morgan fingerprint density at radius 1 is 0.701 bits per heavy atom. The number of fused-ring (bicyclic) bond motifs is 4. The normalized spacial score (nSPS) is 11.3. The van der Waals surface area contributed by atoms with Crippen molar-refractivity contribution in [2.45, 2.75) is 59.2 Å². The smallest absolute Gasteiger partial charge is 0.122 e. The molecule has 7 aromatic carbocycles. The Morgan fingerprint density at radius 2 is 1.36 bits per heavy atom. The summed E-state index contributed by atoms with van der Waals surface area (Å²) in [6, 6.07) is 60.4. The van der Waals surface area contributed by atoms with Gasteiger partial charge in [0.25, 0.3) is 0 Å². The Balaban J connectivity index is 0.000000270. The van der Waals surface area contributed by atoms with Gasteiger partial charge in [0.05, 0.1) is 48.7 Å². The number of hydrogen-bond donors (Lipinski definition) is 0. The molecule has 3 aromatic heterocycles. The summed E-state index contributed by atoms with van der Waals surface area (Å²) in [5.41, 5.74) is 15.6. The van der Waals surface area contributed by atoms with E-state index in [0.29, 0.717) is 22.4 Å². The molecule has 0 atom stereocenters. The molecule has 0 aliphatic carbocycles. The molecule has 6 nitrogen and oxygen atoms in total. The van der Waals surface area contributed by atoms with Gasteiger partial charge in [0.1, 0.15) is 11.3 Å². The largest absolute Gasteiger partial charge is 0.500 e. The SMILES string of the molecule is CC(C)c1cc(-c2ccc(-c3ccccc3)cc2)cc(C(C)C)c1-n1c(-c2[c-]ccc3c2oc2cc(C#N)ccc23)nc2ccccc21.[C-]#[N+]c1cc[c-]c(-c2ccc([Si](C)(C)C)cn2)c1.[Ir]. The predicted octanol–water partition coefficient (Wildman–Crippen LogP) is 15.5. The van der Waals surface area contributed by atoms with Crippen LogP contribution in [0.25, 0.3) is 88.4 Å². The molecule has 67 heavy (non-hydrogen) atoms. The fraction of sp³-hybridized carbons (Fsp3) is 0.153. The van der Waals surface area contributed by atoms with Crippen LogP contribution in [0.3, 0.4) is 0 Å². The quantitative estimate of drug-likeness (QED) is 0.112. The zero-order valence-electron chi connectivity index (χ0n) is 38.6. The van der Waals surface area contributed by atoms with Gasteiger partial charge < -0.3 is 14.0 Å². The molecule has 0 amide bonds. The van der Waals surface area contributed by atoms with Crippen LogP contribution < -0.4 is 5.19 Å². The van der Waals surface area contributed by atoms with E-state index in [1.54, 1.807) is 18.2 Å². The van der Waals surface area contributed by atoms with Crippen molar-refractivity contribution in [2.24, 2.45) is 0 Å². The molecular weight excluding hydrogens is 1010 g/mol. The molecule has 0 spiro atoms. The second-order valence-corrected chi connectivity index (χ2v) is 23.4. The van der Waals surface area contributed by atoms with Gasteiger partial charge in [-0.3, -0.25) is 9.83 Å². The third-order valence-corrected chi connectivity index (χ3v) is 14.2. The van der Waals surface area contributed by atoms with Crippen LogP contribution in [0.5, 0.6) is 0 Å². The molecule has 10 rings (SSSR count). The van der Waals surface area contributed by atoms with E-state index in [2.05, 4.69) is 171 Å². The number of aromatic nitrogens is 3. The molecule has 3 heterocycles. The Bertz CT molecular complexity index is 3450. The number of benzene rings is 7. The average molecular weight is 1060 g/mol. The summed E-state index contributed by atoms with van der Waals surface area (Å²) < 4.78 is 8.83. The fourth-order valence-electron chi connectivity index (χ4n) is 8.54. The number of furan rings is 1. The van der Waals surface area contributed by atoms with Gasteiger partial charge in [-0.25, -0.2) is 0 Å². The van der Waals surface area contributed by atoms with Crippen molar-refractivity contribution in [2.75, 3.05) is 0 Å². The molecule has 0 aliphatic heterocycles. The van der Waals surface area contributed by atoms with E-state index in [9.17, 15) is 5.26 Å². The molecule has 0 saturated carbocycles. The van der Waals surface area contributed by atoms with E-state index in [1.165, 1.54) is 38.6 Å². The third kappa shape index (κ3) is 9.31. The van der Waals surface area contributed by atoms with Gasteiger partial charge in [-0.1, -0.05) is 143 Å². The maximum atomic E-state index is 9.53. The van der Waals surface area contributed by atoms with E-state index >= 15 is 0 Å². The summed E-state index contributed by atoms with van der Waals surface area (Å²) in [6.07, 6.45) is 1.96. The summed E-state index contributed by atoms with van der Waals surface area (Å²) >= 11 is 0. The van der Waals surface area contributed by atoms with Gasteiger partial charge in [-0.05, 0) is 92.5 Å². The number of pyridine rings is 1. The Labute approximate surface area is 407 Å². The van der Waals surface area contributed by atoms with E-state index < -0.39 is 8.07 Å². The average Bonchev–Trinajstić information content (AvgIpc) is 3.92. The van der Waals surface area contributed by atoms with Gasteiger partial charge in [-0.15, -0.1) is 42.0 Å². The number of para-hydroxylation sites is 2. The van der Waals surface area contributed by atoms with Crippen molar-refractivity contribution in [1.29, 1.82) is 5.26 Å². The van der Waals surface area contributed by atoms with Crippen LogP contribution in [0, 0.1) is 30.0 Å². The maximum absolute atomic E-state index is 9.53. The molecule has 8 heteroatoms. The van der Waals surface area contributed by atoms with Gasteiger partial charge in [-0.2, -0.15) is 11.3 Å². The first-order valence-electron chi connectivity index (χ1n) is 22.4. The molecule has 0 bridgehead atoms. The van der Waals surface area contributed by atoms with Crippen LogP contribution in [-0.4, -0.2) is 22.6 Å². The van der Waals surface area contributed by atoms with E-state index in [0.717, 1.165) is 50.1 Å². The molecule has 0 fully saturated rings. The number of nitriles is 1. The van der Waals surface area contributed by atoms with E-state index in [-0.39, 0.29) is 31.9 Å². The monoisotopic (exact) mass is 1060 g/mol. The van der Waals surface area contributed by atoms with Crippen LogP contribution in [0.15, 0.2) is 162 Å². The van der Waals surface area contributed by atoms with Crippen molar-refractivity contribution in [1.82, 2.24) is 14.5 Å². The molecule has 0 saturated heterocycles. The minimum Gasteiger partial charge on any atom is -0.500 e. The fourth-order valence-corrected chi connectivity index (χ4v) is 9.57. The Hall–Kier alpha value is -7.19. The predicted molar refractivity (Wildman–Crippen MR) is 274 cm³/mol. The first-order valence-corrected chi connectivity index (χ1v) is 25.9. The zero-order valence-corrected chi connectivity index (χ0v) is 42.0. The number of rotatable bonds is 8. The summed E-state index contributed by atoms with van der Waals surface area (Å²) in [6.45, 7) is 23.0. The molecule has 0 N–H and O–H groups in total. The molecule has 1 radical (unpaired) electrons. The van der Waals surface area contributed by atoms with Crippen LogP contribution in [0.2, 0.25) is 19.6 Å². The Kier molecular flexibility index (Phi) is 13.4. The van der Waals surface area contributed by atoms with Gasteiger partial charge in [0.2, 0.25) is 0 Å². The summed E-state index contributed by atoms with van der Waals surface area (Å²) in [5.74, 6) is 1.26. The number of imidazole rings is 1. The van der Waals surface area contributed by atoms with Crippen molar-refractivity contribution < 1.29 is 24.5 Å². The summed E-state index contributed by atoms with van der Waals surface area (Å²) in [5, 5.41) is 12.8. The topological polar surface area (TPSA) is 72.0 Å². The first kappa shape index (κ1) is 46.3. The third-order valence-electron chi connectivity index (χ3n) is 12.1. The van der Waals surface area contributed by atoms with Gasteiger partial charge in [0.15, 0.2) is 0 Å². The zero-order chi connectivity index (χ0) is 46.1. The van der Waals surface area contributed by atoms with E-state index in [4.69, 9.17) is 16.0 Å². The standard InChI is InChI=1S/C44H34N3O.C15H15N2Si.Ir/c1-27(2)37-24-33(32-20-18-31(19-21-32)30-11-6-5-7-12-30)25-38(28(3)4)42(37)47-40-16-9-8-15-39(40)46-44(47)36-14-10-13-35-34-22-17-29(26-45)23-41(34)48-43(35)36;1-16-13-7-5-6-12(10-13)15-9-8-14(11-17-15)18(2,3)4;/h5-13,15-25,27-28H,1-4H3;5,7-11H,2-4H3;/q2*-1;. The van der Waals surface area contributed by atoms with Crippen LogP contribution in [0.4, 0.5) is 5.69 Å². The van der Waals surface area contributed by atoms with Crippen LogP contribution >= 0.6 is 0 Å². The van der Waals surface area contributed by atoms with Crippen molar-refractivity contribution in [3.8, 4) is 56.7 Å². The number of hydrogen-bond acceptors (Lipinski definition) is 4. The first-order chi connectivity index (χ1) is 31.9. The molecule has 0 aliphatic rings. The van der Waals surface area contributed by atoms with Crippen LogP contribution in [0.1, 0.15) is 56.2 Å². The van der Waals surface area contributed by atoms with E-state index in [1.807, 2.05) is 48.7 Å². The van der Waals surface area contributed by atoms with Crippen molar-refractivity contribution in [3.63, 3.8) is 0 Å². The second-order valence-electron chi connectivity index (χ2n) is 18.3. The maximum Gasteiger partial charge on any atom is 0.122 e. The summed E-state index contributed by atoms with van der Waals surface area (Å²) in [4.78, 5) is 13.2. The molecule has 331 valence electrons. The number of nitrogens with zero attached hydrogens (tertiary/aromatic N) is 5. The molecule has 10 aromatic rings. The second kappa shape index (κ2) is 19.3. The summed E-state index contributed by atoms with van der Waals surface area (Å²) in [7, 11) is -1.30. The van der Waals surface area contributed by atoms with Crippen molar-refractivity contribution >= 4 is 51.9 Å². The molecule has 0 unspecified atom stereocenters. The minimum absolute atomic E-state index is 0.